The van der Waals surface area contributed by atoms with Crippen molar-refractivity contribution in [3.8, 4) is 0 Å². The van der Waals surface area contributed by atoms with E-state index in [1.54, 1.807) is 0 Å². The van der Waals surface area contributed by atoms with Crippen LogP contribution in [0.3, 0.4) is 0 Å². The van der Waals surface area contributed by atoms with Gasteiger partial charge >= 0.3 is 205 Å². The van der Waals surface area contributed by atoms with Crippen LogP contribution in [0.2, 0.25) is 0 Å². The predicted octanol–water partition coefficient (Wildman–Crippen LogP) is 10.6. The summed E-state index contributed by atoms with van der Waals surface area (Å²) in [6.07, 6.45) is -56.8. The molecule has 0 aromatic rings. The topological polar surface area (TPSA) is 0 Å². The van der Waals surface area contributed by atoms with E-state index in [1.165, 1.54) is 0 Å². The van der Waals surface area contributed by atoms with Crippen molar-refractivity contribution in [3.05, 3.63) is 0 Å². The summed E-state index contributed by atoms with van der Waals surface area (Å²) in [5, 5.41) is 0. The zero-order valence-corrected chi connectivity index (χ0v) is 18.3. The molecule has 0 fully saturated rings. The molecule has 0 unspecified atom stereocenters. The monoisotopic (exact) mass is 726 g/mol. The van der Waals surface area contributed by atoms with Crippen LogP contribution in [0.1, 0.15) is 0 Å². The summed E-state index contributed by atoms with van der Waals surface area (Å²) in [7, 11) is -15.5. The third-order valence-corrected chi connectivity index (χ3v) is 8.95. The van der Waals surface area contributed by atoms with E-state index in [-0.39, 0.29) is 0 Å². The van der Waals surface area contributed by atoms with Crippen LogP contribution in [0.15, 0.2) is 0 Å². The van der Waals surface area contributed by atoms with E-state index in [1.807, 2.05) is 0 Å². The SMILES string of the molecule is FC(F)(F)C(F)(C(F)(F)F)C(F)(F)P(F)(F)(C(F)(F)C(F)(C(F)(F)F)C(F)(F)F)C(F)(F)C(F)(C(F)(F)F)C(F)(F)F. The Labute approximate surface area is 206 Å². The number of alkyl halides is 27. The van der Waals surface area contributed by atoms with Gasteiger partial charge in [0.25, 0.3) is 0 Å². The molecular formula is C12F29P. The van der Waals surface area contributed by atoms with Gasteiger partial charge in [0.1, 0.15) is 0 Å². The molecule has 0 saturated carbocycles. The van der Waals surface area contributed by atoms with Crippen molar-refractivity contribution >= 4 is 7.22 Å². The first-order valence-corrected chi connectivity index (χ1v) is 10.4. The number of hydrogen-bond acceptors (Lipinski definition) is 0. The molecule has 0 aliphatic rings. The van der Waals surface area contributed by atoms with Crippen molar-refractivity contribution in [3.63, 3.8) is 0 Å². The molecule has 0 saturated heterocycles. The van der Waals surface area contributed by atoms with Gasteiger partial charge in [0.05, 0.1) is 0 Å². The Morgan fingerprint density at radius 2 is 0.310 bits per heavy atom. The molecule has 0 bridgehead atoms. The van der Waals surface area contributed by atoms with E-state index in [4.69, 9.17) is 0 Å². The second-order valence-corrected chi connectivity index (χ2v) is 11.0. The molecule has 256 valence electrons. The molecule has 30 heteroatoms. The van der Waals surface area contributed by atoms with Crippen LogP contribution >= 0.6 is 7.22 Å². The Morgan fingerprint density at radius 1 is 0.214 bits per heavy atom. The predicted molar refractivity (Wildman–Crippen MR) is 71.8 cm³/mol. The molecule has 0 spiro atoms. The molecule has 0 amide bonds. The molecular weight excluding hydrogens is 726 g/mol. The summed E-state index contributed by atoms with van der Waals surface area (Å²) < 4.78 is 385. The summed E-state index contributed by atoms with van der Waals surface area (Å²) in [6.45, 7) is 0. The van der Waals surface area contributed by atoms with Crippen molar-refractivity contribution in [1.29, 1.82) is 0 Å². The van der Waals surface area contributed by atoms with Gasteiger partial charge in [-0.3, -0.25) is 0 Å². The molecule has 0 aromatic heterocycles. The number of rotatable bonds is 6. The van der Waals surface area contributed by atoms with Crippen LogP contribution in [0.25, 0.3) is 0 Å². The molecule has 42 heavy (non-hydrogen) atoms. The van der Waals surface area contributed by atoms with Crippen LogP contribution in [0.5, 0.6) is 0 Å². The molecule has 0 atom stereocenters. The van der Waals surface area contributed by atoms with Crippen molar-refractivity contribution in [2.75, 3.05) is 0 Å². The summed E-state index contributed by atoms with van der Waals surface area (Å²) >= 11 is 0. The van der Waals surface area contributed by atoms with E-state index in [2.05, 4.69) is 0 Å². The Balaban J connectivity index is 9.48. The fourth-order valence-electron chi connectivity index (χ4n) is 2.85. The molecule has 0 aromatic carbocycles. The van der Waals surface area contributed by atoms with Crippen LogP contribution in [-0.4, -0.2) is 71.1 Å². The average molecular weight is 726 g/mol. The summed E-state index contributed by atoms with van der Waals surface area (Å²) in [5.41, 5.74) is -64.7. The fraction of sp³-hybridized carbons (Fsp3) is 1.00. The van der Waals surface area contributed by atoms with E-state index in [0.29, 0.717) is 0 Å². The average Bonchev–Trinajstić information content (AvgIpc) is 2.65. The van der Waals surface area contributed by atoms with Crippen LogP contribution in [0, 0.1) is 0 Å². The maximum absolute atomic E-state index is 15.5. The van der Waals surface area contributed by atoms with Gasteiger partial charge in [-0.15, -0.1) is 0 Å². The molecule has 0 aliphatic heterocycles. The summed E-state index contributed by atoms with van der Waals surface area (Å²) in [4.78, 5) is 0. The molecule has 0 heterocycles. The first kappa shape index (κ1) is 40.4. The first-order chi connectivity index (χ1) is 17.3. The Kier molecular flexibility index (Phi) is 8.65. The van der Waals surface area contributed by atoms with E-state index in [9.17, 15) is 127 Å². The normalized spacial score (nSPS) is 18.2. The standard InChI is InChI=1S/C12F29P/c13-1(4(16,17)18,5(19,20)21)10(34,35)42(40,41,11(36,37)2(14,6(22,23)24)7(25,26)27)12(38,39)3(15,8(28,29)30)9(31,32)33. The van der Waals surface area contributed by atoms with Crippen molar-refractivity contribution < 1.29 is 127 Å². The van der Waals surface area contributed by atoms with E-state index < -0.39 is 78.3 Å². The maximum atomic E-state index is 15.0. The van der Waals surface area contributed by atoms with Gasteiger partial charge in [0.15, 0.2) is 0 Å². The molecule has 0 aliphatic carbocycles. The van der Waals surface area contributed by atoms with Crippen molar-refractivity contribution in [2.24, 2.45) is 0 Å². The zero-order chi connectivity index (χ0) is 35.4. The fourth-order valence-corrected chi connectivity index (χ4v) is 6.29. The molecule has 0 radical (unpaired) electrons. The minimum absolute atomic E-state index is 9.47. The van der Waals surface area contributed by atoms with Gasteiger partial charge in [-0.1, -0.05) is 0 Å². The zero-order valence-electron chi connectivity index (χ0n) is 17.4. The van der Waals surface area contributed by atoms with Crippen LogP contribution in [-0.2, 0) is 0 Å². The molecule has 0 rings (SSSR count). The van der Waals surface area contributed by atoms with Crippen LogP contribution in [0.4, 0.5) is 127 Å². The molecule has 0 nitrogen and oxygen atoms in total. The first-order valence-electron chi connectivity index (χ1n) is 8.36. The number of hydrogen-bond donors (Lipinski definition) is 0. The van der Waals surface area contributed by atoms with Gasteiger partial charge in [-0.25, -0.2) is 0 Å². The second kappa shape index (κ2) is 8.99. The van der Waals surface area contributed by atoms with Crippen LogP contribution < -0.4 is 0 Å². The van der Waals surface area contributed by atoms with Gasteiger partial charge in [0, 0.05) is 0 Å². The van der Waals surface area contributed by atoms with E-state index in [0.717, 1.165) is 0 Å². The second-order valence-electron chi connectivity index (χ2n) is 7.49. The Hall–Kier alpha value is -1.60. The van der Waals surface area contributed by atoms with Gasteiger partial charge in [-0.05, 0) is 0 Å². The van der Waals surface area contributed by atoms with Gasteiger partial charge < -0.3 is 0 Å². The van der Waals surface area contributed by atoms with Crippen molar-refractivity contribution in [2.45, 2.75) is 71.1 Å². The number of halogens is 29. The Bertz CT molecular complexity index is 834. The minimum atomic E-state index is -15.5. The Morgan fingerprint density at radius 3 is 0.381 bits per heavy atom. The summed E-state index contributed by atoms with van der Waals surface area (Å²) in [5.74, 6) is 0. The third-order valence-electron chi connectivity index (χ3n) is 5.07. The van der Waals surface area contributed by atoms with E-state index >= 15 is 0 Å². The van der Waals surface area contributed by atoms with Gasteiger partial charge in [-0.2, -0.15) is 0 Å². The quantitative estimate of drug-likeness (QED) is 0.189. The summed E-state index contributed by atoms with van der Waals surface area (Å²) in [6, 6.07) is 0. The van der Waals surface area contributed by atoms with Gasteiger partial charge in [0.2, 0.25) is 0 Å². The third kappa shape index (κ3) is 4.03. The molecule has 0 N–H and O–H groups in total. The van der Waals surface area contributed by atoms with Crippen molar-refractivity contribution in [1.82, 2.24) is 0 Å².